The van der Waals surface area contributed by atoms with Crippen molar-refractivity contribution < 1.29 is 8.78 Å². The normalized spacial score (nSPS) is 11.7. The first-order chi connectivity index (χ1) is 11.6. The highest BCUT2D eigenvalue weighted by Crippen LogP contribution is 2.29. The number of hydrogen-bond acceptors (Lipinski definition) is 4. The van der Waals surface area contributed by atoms with Gasteiger partial charge < -0.3 is 10.3 Å². The zero-order valence-corrected chi connectivity index (χ0v) is 12.6. The van der Waals surface area contributed by atoms with Crippen molar-refractivity contribution in [3.8, 4) is 17.2 Å². The molecule has 0 radical (unpaired) electrons. The first kappa shape index (κ1) is 15.8. The molecule has 2 N–H and O–H groups in total. The van der Waals surface area contributed by atoms with Crippen LogP contribution < -0.4 is 5.73 Å². The van der Waals surface area contributed by atoms with Gasteiger partial charge in [0.2, 0.25) is 0 Å². The van der Waals surface area contributed by atoms with Gasteiger partial charge in [0.25, 0.3) is 0 Å². The number of rotatable bonds is 4. The van der Waals surface area contributed by atoms with E-state index in [4.69, 9.17) is 5.73 Å². The minimum absolute atomic E-state index is 0.0383. The van der Waals surface area contributed by atoms with E-state index in [0.717, 1.165) is 6.20 Å². The van der Waals surface area contributed by atoms with E-state index < -0.39 is 11.6 Å². The Kier molecular flexibility index (Phi) is 4.31. The maximum absolute atomic E-state index is 13.8. The van der Waals surface area contributed by atoms with Crippen molar-refractivity contribution in [2.24, 2.45) is 5.73 Å². The van der Waals surface area contributed by atoms with Crippen LogP contribution in [0, 0.1) is 17.1 Å². The van der Waals surface area contributed by atoms with Gasteiger partial charge in [0, 0.05) is 23.9 Å². The Bertz CT molecular complexity index is 969. The third kappa shape index (κ3) is 3.00. The predicted octanol–water partition coefficient (Wildman–Crippen LogP) is 2.92. The maximum Gasteiger partial charge on any atom is 0.142 e. The van der Waals surface area contributed by atoms with Crippen LogP contribution >= 0.6 is 0 Å². The lowest BCUT2D eigenvalue weighted by Gasteiger charge is -2.06. The zero-order valence-electron chi connectivity index (χ0n) is 12.6. The second-order valence-corrected chi connectivity index (χ2v) is 5.15. The van der Waals surface area contributed by atoms with Gasteiger partial charge >= 0.3 is 0 Å². The van der Waals surface area contributed by atoms with E-state index in [2.05, 4.69) is 16.0 Å². The minimum atomic E-state index is -0.487. The Morgan fingerprint density at radius 1 is 1.33 bits per heavy atom. The molecule has 0 atom stereocenters. The van der Waals surface area contributed by atoms with E-state index in [-0.39, 0.29) is 13.1 Å². The fourth-order valence-corrected chi connectivity index (χ4v) is 2.49. The molecular formula is C17H13F2N5. The number of nitrogens with two attached hydrogens (primary N) is 1. The molecule has 0 aliphatic heterocycles. The molecule has 24 heavy (non-hydrogen) atoms. The highest BCUT2D eigenvalue weighted by atomic mass is 19.1. The lowest BCUT2D eigenvalue weighted by molar-refractivity contribution is 0.558. The lowest BCUT2D eigenvalue weighted by Crippen LogP contribution is -2.00. The maximum atomic E-state index is 13.8. The van der Waals surface area contributed by atoms with Crippen LogP contribution in [0.15, 0.2) is 48.8 Å². The number of benzene rings is 1. The quantitative estimate of drug-likeness (QED) is 0.800. The van der Waals surface area contributed by atoms with Crippen LogP contribution in [0.1, 0.15) is 5.56 Å². The lowest BCUT2D eigenvalue weighted by atomic mass is 10.0. The molecule has 0 spiro atoms. The van der Waals surface area contributed by atoms with Gasteiger partial charge in [0.15, 0.2) is 0 Å². The Hall–Kier alpha value is -3.11. The first-order valence-electron chi connectivity index (χ1n) is 7.17. The van der Waals surface area contributed by atoms with Crippen LogP contribution in [0.25, 0.3) is 22.2 Å². The van der Waals surface area contributed by atoms with Crippen molar-refractivity contribution in [2.45, 2.75) is 6.54 Å². The molecule has 0 aliphatic carbocycles. The Labute approximate surface area is 136 Å². The summed E-state index contributed by atoms with van der Waals surface area (Å²) >= 11 is 0. The van der Waals surface area contributed by atoms with Crippen LogP contribution in [-0.4, -0.2) is 21.1 Å². The molecule has 0 fully saturated rings. The van der Waals surface area contributed by atoms with E-state index in [1.165, 1.54) is 24.7 Å². The standard InChI is InChI=1S/C17H13F2N5/c18-13(1-2-20)9-24-10-23-17-15(3-11(6-21)4-16(17)24)12-5-14(19)8-22-7-12/h1,3-5,7-8,10H,2,9,20H2. The molecule has 7 heteroatoms. The number of allylic oxidation sites excluding steroid dienone is 1. The number of pyridine rings is 1. The van der Waals surface area contributed by atoms with Crippen molar-refractivity contribution in [1.29, 1.82) is 5.26 Å². The summed E-state index contributed by atoms with van der Waals surface area (Å²) < 4.78 is 28.8. The smallest absolute Gasteiger partial charge is 0.142 e. The fraction of sp³-hybridized carbons (Fsp3) is 0.118. The molecule has 3 aromatic rings. The minimum Gasteiger partial charge on any atom is -0.327 e. The van der Waals surface area contributed by atoms with Crippen LogP contribution in [-0.2, 0) is 6.54 Å². The van der Waals surface area contributed by atoms with Crippen LogP contribution in [0.5, 0.6) is 0 Å². The Balaban J connectivity index is 2.19. The molecule has 0 aliphatic rings. The van der Waals surface area contributed by atoms with Gasteiger partial charge in [-0.15, -0.1) is 0 Å². The topological polar surface area (TPSA) is 80.5 Å². The summed E-state index contributed by atoms with van der Waals surface area (Å²) in [5.74, 6) is -0.882. The molecular weight excluding hydrogens is 312 g/mol. The predicted molar refractivity (Wildman–Crippen MR) is 85.9 cm³/mol. The summed E-state index contributed by atoms with van der Waals surface area (Å²) in [6.07, 6.45) is 5.34. The molecule has 1 aromatic carbocycles. The van der Waals surface area contributed by atoms with Crippen LogP contribution in [0.2, 0.25) is 0 Å². The third-order valence-electron chi connectivity index (χ3n) is 3.53. The highest BCUT2D eigenvalue weighted by molar-refractivity contribution is 5.93. The van der Waals surface area contributed by atoms with Crippen LogP contribution in [0.3, 0.4) is 0 Å². The molecule has 0 unspecified atom stereocenters. The number of imidazole rings is 1. The van der Waals surface area contributed by atoms with Crippen molar-refractivity contribution in [1.82, 2.24) is 14.5 Å². The summed E-state index contributed by atoms with van der Waals surface area (Å²) in [5.41, 5.74) is 7.86. The molecule has 0 bridgehead atoms. The van der Waals surface area contributed by atoms with Crippen molar-refractivity contribution in [2.75, 3.05) is 6.54 Å². The highest BCUT2D eigenvalue weighted by Gasteiger charge is 2.13. The summed E-state index contributed by atoms with van der Waals surface area (Å²) in [5, 5.41) is 9.25. The van der Waals surface area contributed by atoms with Crippen molar-refractivity contribution >= 4 is 11.0 Å². The van der Waals surface area contributed by atoms with Gasteiger partial charge in [0.1, 0.15) is 11.6 Å². The molecule has 0 saturated carbocycles. The second-order valence-electron chi connectivity index (χ2n) is 5.15. The van der Waals surface area contributed by atoms with E-state index in [1.54, 1.807) is 16.7 Å². The van der Waals surface area contributed by atoms with Gasteiger partial charge in [-0.05, 0) is 24.3 Å². The number of fused-ring (bicyclic) bond motifs is 1. The van der Waals surface area contributed by atoms with Crippen LogP contribution in [0.4, 0.5) is 8.78 Å². The van der Waals surface area contributed by atoms with Gasteiger partial charge in [-0.2, -0.15) is 5.26 Å². The first-order valence-corrected chi connectivity index (χ1v) is 7.17. The molecule has 0 saturated heterocycles. The Morgan fingerprint density at radius 3 is 2.88 bits per heavy atom. The van der Waals surface area contributed by atoms with Gasteiger partial charge in [0.05, 0.1) is 41.7 Å². The summed E-state index contributed by atoms with van der Waals surface area (Å²) in [6.45, 7) is 0.0611. The molecule has 2 heterocycles. The molecule has 3 rings (SSSR count). The third-order valence-corrected chi connectivity index (χ3v) is 3.53. The molecule has 120 valence electrons. The van der Waals surface area contributed by atoms with E-state index in [0.29, 0.717) is 27.7 Å². The number of halogens is 2. The number of aromatic nitrogens is 3. The fourth-order valence-electron chi connectivity index (χ4n) is 2.49. The SMILES string of the molecule is N#Cc1cc(-c2cncc(F)c2)c2ncn(CC(F)=CCN)c2c1. The average molecular weight is 325 g/mol. The largest absolute Gasteiger partial charge is 0.327 e. The summed E-state index contributed by atoms with van der Waals surface area (Å²) in [6, 6.07) is 6.60. The number of nitrogens with zero attached hydrogens (tertiary/aromatic N) is 4. The summed E-state index contributed by atoms with van der Waals surface area (Å²) in [7, 11) is 0. The monoisotopic (exact) mass is 325 g/mol. The second kappa shape index (κ2) is 6.56. The molecule has 5 nitrogen and oxygen atoms in total. The average Bonchev–Trinajstić information content (AvgIpc) is 2.97. The van der Waals surface area contributed by atoms with E-state index in [1.807, 2.05) is 0 Å². The molecule has 0 amide bonds. The van der Waals surface area contributed by atoms with Crippen molar-refractivity contribution in [3.63, 3.8) is 0 Å². The van der Waals surface area contributed by atoms with Gasteiger partial charge in [-0.1, -0.05) is 0 Å². The van der Waals surface area contributed by atoms with Crippen molar-refractivity contribution in [3.05, 3.63) is 60.2 Å². The van der Waals surface area contributed by atoms with Gasteiger partial charge in [-0.25, -0.2) is 13.8 Å². The number of hydrogen-bond donors (Lipinski definition) is 1. The van der Waals surface area contributed by atoms with Gasteiger partial charge in [-0.3, -0.25) is 4.98 Å². The summed E-state index contributed by atoms with van der Waals surface area (Å²) in [4.78, 5) is 8.12. The molecule has 2 aromatic heterocycles. The van der Waals surface area contributed by atoms with E-state index >= 15 is 0 Å². The number of nitriles is 1. The Morgan fingerprint density at radius 2 is 2.17 bits per heavy atom. The zero-order chi connectivity index (χ0) is 17.1. The van der Waals surface area contributed by atoms with E-state index in [9.17, 15) is 14.0 Å².